The highest BCUT2D eigenvalue weighted by atomic mass is 127. The third-order valence-electron chi connectivity index (χ3n) is 5.76. The fraction of sp³-hybridized carbons (Fsp3) is 0.947. The van der Waals surface area contributed by atoms with Gasteiger partial charge in [-0.15, -0.1) is 24.0 Å². The minimum atomic E-state index is -0.157. The summed E-state index contributed by atoms with van der Waals surface area (Å²) in [7, 11) is 1.80. The summed E-state index contributed by atoms with van der Waals surface area (Å²) in [5.74, 6) is 2.64. The zero-order valence-corrected chi connectivity index (χ0v) is 18.8. The van der Waals surface area contributed by atoms with Crippen molar-refractivity contribution in [2.45, 2.75) is 70.9 Å². The Kier molecular flexibility index (Phi) is 10.6. The molecule has 0 radical (unpaired) electrons. The van der Waals surface area contributed by atoms with Crippen molar-refractivity contribution < 1.29 is 9.47 Å². The molecule has 2 fully saturated rings. The number of nitrogens with one attached hydrogen (secondary N) is 2. The van der Waals surface area contributed by atoms with E-state index in [0.717, 1.165) is 50.4 Å². The van der Waals surface area contributed by atoms with Crippen LogP contribution in [0.25, 0.3) is 0 Å². The topological polar surface area (TPSA) is 54.9 Å². The van der Waals surface area contributed by atoms with E-state index >= 15 is 0 Å². The Morgan fingerprint density at radius 3 is 2.36 bits per heavy atom. The van der Waals surface area contributed by atoms with Crippen LogP contribution in [0.1, 0.15) is 59.3 Å². The monoisotopic (exact) mass is 467 g/mol. The molecule has 0 aromatic carbocycles. The van der Waals surface area contributed by atoms with E-state index in [1.165, 1.54) is 25.7 Å². The van der Waals surface area contributed by atoms with Gasteiger partial charge in [0.1, 0.15) is 0 Å². The highest BCUT2D eigenvalue weighted by molar-refractivity contribution is 14.0. The van der Waals surface area contributed by atoms with Crippen LogP contribution in [0.15, 0.2) is 4.99 Å². The maximum absolute atomic E-state index is 5.80. The van der Waals surface area contributed by atoms with Crippen molar-refractivity contribution in [2.24, 2.45) is 16.8 Å². The first-order valence-electron chi connectivity index (χ1n) is 9.76. The van der Waals surface area contributed by atoms with Gasteiger partial charge in [0.05, 0.1) is 12.1 Å². The Morgan fingerprint density at radius 1 is 1.20 bits per heavy atom. The minimum absolute atomic E-state index is 0. The van der Waals surface area contributed by atoms with E-state index in [2.05, 4.69) is 31.4 Å². The minimum Gasteiger partial charge on any atom is -0.381 e. The lowest BCUT2D eigenvalue weighted by molar-refractivity contribution is -0.0828. The van der Waals surface area contributed by atoms with Crippen LogP contribution in [0.3, 0.4) is 0 Å². The third kappa shape index (κ3) is 7.21. The fourth-order valence-corrected chi connectivity index (χ4v) is 3.84. The number of hydrogen-bond donors (Lipinski definition) is 2. The van der Waals surface area contributed by atoms with Gasteiger partial charge in [-0.2, -0.15) is 0 Å². The normalized spacial score (nSPS) is 26.8. The molecule has 1 heterocycles. The van der Waals surface area contributed by atoms with E-state index in [9.17, 15) is 0 Å². The molecule has 0 spiro atoms. The second-order valence-electron chi connectivity index (χ2n) is 7.69. The van der Waals surface area contributed by atoms with Crippen LogP contribution < -0.4 is 10.6 Å². The summed E-state index contributed by atoms with van der Waals surface area (Å²) in [6.45, 7) is 9.94. The van der Waals surface area contributed by atoms with Crippen molar-refractivity contribution in [3.05, 3.63) is 0 Å². The molecular weight excluding hydrogens is 429 g/mol. The summed E-state index contributed by atoms with van der Waals surface area (Å²) >= 11 is 0. The number of guanidine groups is 1. The summed E-state index contributed by atoms with van der Waals surface area (Å²) in [6, 6.07) is 0.547. The third-order valence-corrected chi connectivity index (χ3v) is 5.76. The number of halogens is 1. The lowest BCUT2D eigenvalue weighted by atomic mass is 9.80. The van der Waals surface area contributed by atoms with Crippen molar-refractivity contribution in [2.75, 3.05) is 33.4 Å². The smallest absolute Gasteiger partial charge is 0.191 e. The fourth-order valence-electron chi connectivity index (χ4n) is 3.84. The molecule has 2 rings (SSSR count). The van der Waals surface area contributed by atoms with Gasteiger partial charge in [0.15, 0.2) is 5.96 Å². The maximum Gasteiger partial charge on any atom is 0.191 e. The molecule has 1 aliphatic heterocycles. The van der Waals surface area contributed by atoms with Crippen molar-refractivity contribution in [1.82, 2.24) is 10.6 Å². The molecule has 1 aliphatic carbocycles. The molecule has 0 atom stereocenters. The van der Waals surface area contributed by atoms with E-state index in [0.29, 0.717) is 12.6 Å². The largest absolute Gasteiger partial charge is 0.381 e. The summed E-state index contributed by atoms with van der Waals surface area (Å²) in [5.41, 5.74) is -0.157. The molecule has 148 valence electrons. The quantitative estimate of drug-likeness (QED) is 0.356. The predicted molar refractivity (Wildman–Crippen MR) is 115 cm³/mol. The molecule has 0 aromatic rings. The Balaban J connectivity index is 0.00000312. The Morgan fingerprint density at radius 2 is 1.84 bits per heavy atom. The van der Waals surface area contributed by atoms with Gasteiger partial charge in [0.2, 0.25) is 0 Å². The molecule has 0 bridgehead atoms. The van der Waals surface area contributed by atoms with Crippen LogP contribution in [-0.4, -0.2) is 51.0 Å². The highest BCUT2D eigenvalue weighted by Gasteiger charge is 2.32. The molecule has 0 unspecified atom stereocenters. The molecule has 2 aliphatic rings. The van der Waals surface area contributed by atoms with E-state index in [1.54, 1.807) is 7.11 Å². The van der Waals surface area contributed by atoms with E-state index in [1.807, 2.05) is 0 Å². The zero-order valence-electron chi connectivity index (χ0n) is 16.5. The Bertz CT molecular complexity index is 390. The summed E-state index contributed by atoms with van der Waals surface area (Å²) < 4.78 is 11.3. The second-order valence-corrected chi connectivity index (χ2v) is 7.69. The zero-order chi connectivity index (χ0) is 17.4. The van der Waals surface area contributed by atoms with E-state index in [-0.39, 0.29) is 29.6 Å². The van der Waals surface area contributed by atoms with Crippen LogP contribution in [0.2, 0.25) is 0 Å². The molecule has 1 saturated heterocycles. The first-order valence-corrected chi connectivity index (χ1v) is 9.76. The molecule has 0 aromatic heterocycles. The highest BCUT2D eigenvalue weighted by Crippen LogP contribution is 2.30. The molecule has 5 nitrogen and oxygen atoms in total. The van der Waals surface area contributed by atoms with Crippen LogP contribution in [-0.2, 0) is 9.47 Å². The summed E-state index contributed by atoms with van der Waals surface area (Å²) in [6.07, 6.45) is 6.99. The van der Waals surface area contributed by atoms with Crippen molar-refractivity contribution in [3.63, 3.8) is 0 Å². The van der Waals surface area contributed by atoms with Crippen LogP contribution in [0.4, 0.5) is 0 Å². The van der Waals surface area contributed by atoms with Crippen molar-refractivity contribution in [3.8, 4) is 0 Å². The first kappa shape index (κ1) is 23.0. The molecule has 6 heteroatoms. The van der Waals surface area contributed by atoms with Gasteiger partial charge in [-0.1, -0.05) is 13.8 Å². The number of rotatable bonds is 6. The number of methoxy groups -OCH3 is 1. The van der Waals surface area contributed by atoms with Gasteiger partial charge in [0, 0.05) is 45.8 Å². The van der Waals surface area contributed by atoms with Crippen LogP contribution in [0, 0.1) is 11.8 Å². The van der Waals surface area contributed by atoms with E-state index in [4.69, 9.17) is 14.5 Å². The van der Waals surface area contributed by atoms with Gasteiger partial charge >= 0.3 is 0 Å². The van der Waals surface area contributed by atoms with E-state index < -0.39 is 0 Å². The average molecular weight is 467 g/mol. The van der Waals surface area contributed by atoms with Crippen molar-refractivity contribution in [1.29, 1.82) is 0 Å². The van der Waals surface area contributed by atoms with Crippen LogP contribution in [0.5, 0.6) is 0 Å². The standard InChI is InChI=1S/C19H37N3O2.HI/c1-5-20-18(21-14-19(23-4)10-12-24-13-11-19)22-17-8-6-16(7-9-17)15(2)3;/h15-17H,5-14H2,1-4H3,(H2,20,21,22);1H. The molecular formula is C19H38IN3O2. The molecule has 25 heavy (non-hydrogen) atoms. The molecule has 0 amide bonds. The summed E-state index contributed by atoms with van der Waals surface area (Å²) in [5, 5.41) is 7.05. The number of nitrogens with zero attached hydrogens (tertiary/aromatic N) is 1. The Labute approximate surface area is 171 Å². The maximum atomic E-state index is 5.80. The summed E-state index contributed by atoms with van der Waals surface area (Å²) in [4.78, 5) is 4.84. The Hall–Kier alpha value is -0.0800. The SMILES string of the molecule is CCNC(=NCC1(OC)CCOCC1)NC1CCC(C(C)C)CC1.I. The second kappa shape index (κ2) is 11.6. The lowest BCUT2D eigenvalue weighted by Crippen LogP contribution is -2.47. The molecule has 2 N–H and O–H groups in total. The number of ether oxygens (including phenoxy) is 2. The van der Waals surface area contributed by atoms with Crippen molar-refractivity contribution >= 4 is 29.9 Å². The number of hydrogen-bond acceptors (Lipinski definition) is 3. The average Bonchev–Trinajstić information content (AvgIpc) is 2.61. The van der Waals surface area contributed by atoms with Crippen LogP contribution >= 0.6 is 24.0 Å². The predicted octanol–water partition coefficient (Wildman–Crippen LogP) is 3.57. The van der Waals surface area contributed by atoms with Gasteiger partial charge in [-0.3, -0.25) is 4.99 Å². The molecule has 1 saturated carbocycles. The van der Waals surface area contributed by atoms with Gasteiger partial charge < -0.3 is 20.1 Å². The lowest BCUT2D eigenvalue weighted by Gasteiger charge is -2.35. The number of aliphatic imine (C=N–C) groups is 1. The first-order chi connectivity index (χ1) is 11.6. The van der Waals surface area contributed by atoms with Gasteiger partial charge in [-0.05, 0) is 44.4 Å². The van der Waals surface area contributed by atoms with Gasteiger partial charge in [0.25, 0.3) is 0 Å². The van der Waals surface area contributed by atoms with Gasteiger partial charge in [-0.25, -0.2) is 0 Å².